The van der Waals surface area contributed by atoms with E-state index in [4.69, 9.17) is 11.6 Å². The molecule has 0 radical (unpaired) electrons. The molecule has 98 valence electrons. The van der Waals surface area contributed by atoms with Crippen LogP contribution in [0.3, 0.4) is 0 Å². The van der Waals surface area contributed by atoms with Crippen molar-refractivity contribution in [1.82, 2.24) is 10.2 Å². The van der Waals surface area contributed by atoms with Crippen LogP contribution in [0, 0.1) is 0 Å². The summed E-state index contributed by atoms with van der Waals surface area (Å²) in [5, 5.41) is 13.2. The topological polar surface area (TPSA) is 52.6 Å². The molecule has 1 aromatic rings. The normalized spacial score (nSPS) is 23.1. The molecule has 2 rings (SSSR count). The second kappa shape index (κ2) is 5.57. The Morgan fingerprint density at radius 1 is 1.56 bits per heavy atom. The summed E-state index contributed by atoms with van der Waals surface area (Å²) in [7, 11) is 1.68. The van der Waals surface area contributed by atoms with E-state index < -0.39 is 6.10 Å². The Balaban J connectivity index is 2.23. The number of nitrogens with one attached hydrogen (secondary N) is 1. The van der Waals surface area contributed by atoms with E-state index in [1.807, 2.05) is 0 Å². The average Bonchev–Trinajstić information content (AvgIpc) is 2.77. The number of aliphatic hydroxyl groups excluding tert-OH is 1. The second-order valence-corrected chi connectivity index (χ2v) is 5.54. The molecule has 0 unspecified atom stereocenters. The zero-order chi connectivity index (χ0) is 13.3. The highest BCUT2D eigenvalue weighted by molar-refractivity contribution is 9.10. The lowest BCUT2D eigenvalue weighted by atomic mass is 10.1. The molecule has 2 atom stereocenters. The Bertz CT molecular complexity index is 469. The fourth-order valence-electron chi connectivity index (χ4n) is 2.06. The zero-order valence-electron chi connectivity index (χ0n) is 9.86. The third-order valence-electron chi connectivity index (χ3n) is 3.15. The number of hydrogen-bond acceptors (Lipinski definition) is 3. The van der Waals surface area contributed by atoms with Gasteiger partial charge in [-0.05, 0) is 28.1 Å². The Morgan fingerprint density at radius 3 is 2.89 bits per heavy atom. The van der Waals surface area contributed by atoms with Gasteiger partial charge in [-0.2, -0.15) is 0 Å². The molecule has 2 N–H and O–H groups in total. The van der Waals surface area contributed by atoms with E-state index >= 15 is 0 Å². The first-order chi connectivity index (χ1) is 8.52. The van der Waals surface area contributed by atoms with E-state index in [2.05, 4.69) is 21.2 Å². The van der Waals surface area contributed by atoms with E-state index in [0.717, 1.165) is 0 Å². The number of hydrogen-bond donors (Lipinski definition) is 2. The third-order valence-corrected chi connectivity index (χ3v) is 4.45. The van der Waals surface area contributed by atoms with Crippen LogP contribution >= 0.6 is 27.5 Å². The van der Waals surface area contributed by atoms with Crippen molar-refractivity contribution in [2.75, 3.05) is 20.1 Å². The van der Waals surface area contributed by atoms with Crippen molar-refractivity contribution >= 4 is 33.4 Å². The van der Waals surface area contributed by atoms with Crippen molar-refractivity contribution in [3.8, 4) is 0 Å². The minimum atomic E-state index is -0.537. The molecule has 1 fully saturated rings. The quantitative estimate of drug-likeness (QED) is 0.862. The summed E-state index contributed by atoms with van der Waals surface area (Å²) in [5.74, 6) is -0.186. The lowest BCUT2D eigenvalue weighted by molar-refractivity contribution is 0.0581. The first kappa shape index (κ1) is 13.8. The van der Waals surface area contributed by atoms with Gasteiger partial charge in [0, 0.05) is 24.6 Å². The van der Waals surface area contributed by atoms with Crippen LogP contribution in [-0.4, -0.2) is 48.2 Å². The highest BCUT2D eigenvalue weighted by Crippen LogP contribution is 2.27. The summed E-state index contributed by atoms with van der Waals surface area (Å²) in [6, 6.07) is 5.01. The number of nitrogens with zero attached hydrogens (tertiary/aromatic N) is 1. The van der Waals surface area contributed by atoms with Gasteiger partial charge < -0.3 is 15.3 Å². The van der Waals surface area contributed by atoms with Gasteiger partial charge in [-0.1, -0.05) is 17.7 Å². The molecule has 1 aromatic carbocycles. The van der Waals surface area contributed by atoms with E-state index in [1.54, 1.807) is 30.1 Å². The van der Waals surface area contributed by atoms with Crippen LogP contribution in [-0.2, 0) is 0 Å². The van der Waals surface area contributed by atoms with E-state index in [-0.39, 0.29) is 11.9 Å². The maximum Gasteiger partial charge on any atom is 0.255 e. The predicted octanol–water partition coefficient (Wildman–Crippen LogP) is 1.51. The van der Waals surface area contributed by atoms with Gasteiger partial charge in [-0.3, -0.25) is 4.79 Å². The molecular formula is C12H14BrClN2O2. The Labute approximate surface area is 119 Å². The van der Waals surface area contributed by atoms with Gasteiger partial charge >= 0.3 is 0 Å². The fourth-order valence-corrected chi connectivity index (χ4v) is 2.63. The van der Waals surface area contributed by atoms with Crippen molar-refractivity contribution < 1.29 is 9.90 Å². The second-order valence-electron chi connectivity index (χ2n) is 4.31. The Hall–Kier alpha value is -0.620. The van der Waals surface area contributed by atoms with E-state index in [1.165, 1.54) is 0 Å². The van der Waals surface area contributed by atoms with Gasteiger partial charge in [0.2, 0.25) is 0 Å². The first-order valence-electron chi connectivity index (χ1n) is 5.62. The highest BCUT2D eigenvalue weighted by atomic mass is 79.9. The molecule has 0 aromatic heterocycles. The van der Waals surface area contributed by atoms with Crippen LogP contribution in [0.15, 0.2) is 22.7 Å². The number of amides is 1. The average molecular weight is 334 g/mol. The minimum Gasteiger partial charge on any atom is -0.390 e. The van der Waals surface area contributed by atoms with Crippen molar-refractivity contribution in [1.29, 1.82) is 0 Å². The number of aliphatic hydroxyl groups is 1. The van der Waals surface area contributed by atoms with Crippen molar-refractivity contribution in [3.63, 3.8) is 0 Å². The van der Waals surface area contributed by atoms with Gasteiger partial charge in [0.1, 0.15) is 0 Å². The van der Waals surface area contributed by atoms with Gasteiger partial charge in [-0.25, -0.2) is 0 Å². The molecular weight excluding hydrogens is 320 g/mol. The minimum absolute atomic E-state index is 0.186. The van der Waals surface area contributed by atoms with Gasteiger partial charge in [0.05, 0.1) is 22.7 Å². The van der Waals surface area contributed by atoms with Crippen LogP contribution in [0.5, 0.6) is 0 Å². The number of β-amino-alcohol motifs (C(OH)–C–C–N with tert-alkyl or cyclic N) is 1. The van der Waals surface area contributed by atoms with E-state index in [9.17, 15) is 9.90 Å². The molecule has 1 amide bonds. The third kappa shape index (κ3) is 2.54. The van der Waals surface area contributed by atoms with E-state index in [0.29, 0.717) is 28.1 Å². The largest absolute Gasteiger partial charge is 0.390 e. The molecule has 1 aliphatic rings. The predicted molar refractivity (Wildman–Crippen MR) is 73.9 cm³/mol. The summed E-state index contributed by atoms with van der Waals surface area (Å²) in [5.41, 5.74) is 0.438. The number of benzene rings is 1. The van der Waals surface area contributed by atoms with Crippen LogP contribution in [0.4, 0.5) is 0 Å². The molecule has 0 bridgehead atoms. The number of carbonyl (C=O) groups excluding carboxylic acids is 1. The van der Waals surface area contributed by atoms with Gasteiger partial charge in [0.15, 0.2) is 0 Å². The van der Waals surface area contributed by atoms with Crippen molar-refractivity contribution in [2.45, 2.75) is 12.1 Å². The number of likely N-dealkylation sites (N-methyl/N-ethyl adjacent to an activating group) is 1. The monoisotopic (exact) mass is 332 g/mol. The summed E-state index contributed by atoms with van der Waals surface area (Å²) in [6.07, 6.45) is -0.537. The first-order valence-corrected chi connectivity index (χ1v) is 6.79. The SMILES string of the molecule is CN(C(=O)c1cccc(Br)c1Cl)[C@H]1CNC[C@@H]1O. The van der Waals surface area contributed by atoms with Crippen LogP contribution < -0.4 is 5.32 Å². The molecule has 1 heterocycles. The molecule has 6 heteroatoms. The summed E-state index contributed by atoms with van der Waals surface area (Å²) in [6.45, 7) is 1.10. The Kier molecular flexibility index (Phi) is 4.27. The summed E-state index contributed by atoms with van der Waals surface area (Å²) in [4.78, 5) is 13.9. The lowest BCUT2D eigenvalue weighted by Gasteiger charge is -2.26. The van der Waals surface area contributed by atoms with Gasteiger partial charge in [0.25, 0.3) is 5.91 Å². The fraction of sp³-hybridized carbons (Fsp3) is 0.417. The maximum absolute atomic E-state index is 12.3. The van der Waals surface area contributed by atoms with Gasteiger partial charge in [-0.15, -0.1) is 0 Å². The molecule has 0 aliphatic carbocycles. The Morgan fingerprint density at radius 2 is 2.28 bits per heavy atom. The molecule has 1 aliphatic heterocycles. The zero-order valence-corrected chi connectivity index (χ0v) is 12.2. The van der Waals surface area contributed by atoms with Crippen molar-refractivity contribution in [2.24, 2.45) is 0 Å². The standard InChI is InChI=1S/C12H14BrClN2O2/c1-16(9-5-15-6-10(9)17)12(18)7-3-2-4-8(13)11(7)14/h2-4,9-10,15,17H,5-6H2,1H3/t9-,10-/m0/s1. The van der Waals surface area contributed by atoms with Crippen LogP contribution in [0.25, 0.3) is 0 Å². The maximum atomic E-state index is 12.3. The summed E-state index contributed by atoms with van der Waals surface area (Å²) >= 11 is 9.40. The molecule has 1 saturated heterocycles. The molecule has 4 nitrogen and oxygen atoms in total. The molecule has 0 saturated carbocycles. The summed E-state index contributed by atoms with van der Waals surface area (Å²) < 4.78 is 0.688. The highest BCUT2D eigenvalue weighted by Gasteiger charge is 2.32. The van der Waals surface area contributed by atoms with Crippen LogP contribution in [0.2, 0.25) is 5.02 Å². The smallest absolute Gasteiger partial charge is 0.255 e. The number of rotatable bonds is 2. The molecule has 18 heavy (non-hydrogen) atoms. The molecule has 0 spiro atoms. The lowest BCUT2D eigenvalue weighted by Crippen LogP contribution is -2.44. The number of halogens is 2. The van der Waals surface area contributed by atoms with Crippen molar-refractivity contribution in [3.05, 3.63) is 33.3 Å². The van der Waals surface area contributed by atoms with Crippen LogP contribution in [0.1, 0.15) is 10.4 Å². The number of carbonyl (C=O) groups is 1.